The number of alkyl halides is 2. The molecule has 1 aromatic rings. The third-order valence-electron chi connectivity index (χ3n) is 1.64. The number of aromatic nitrogens is 1. The molecule has 6 heteroatoms. The fourth-order valence-electron chi connectivity index (χ4n) is 0.964. The summed E-state index contributed by atoms with van der Waals surface area (Å²) >= 11 is 2.93. The number of rotatable bonds is 3. The average molecular weight is 280 g/mol. The largest absolute Gasteiger partial charge is 0.462 e. The minimum atomic E-state index is -2.68. The number of carbonyl (C=O) groups is 1. The van der Waals surface area contributed by atoms with Gasteiger partial charge in [0.05, 0.1) is 17.7 Å². The van der Waals surface area contributed by atoms with Crippen LogP contribution in [-0.4, -0.2) is 17.6 Å². The molecule has 0 N–H and O–H groups in total. The number of hydrogen-bond donors (Lipinski definition) is 0. The summed E-state index contributed by atoms with van der Waals surface area (Å²) in [5, 5.41) is 0. The van der Waals surface area contributed by atoms with Gasteiger partial charge in [-0.15, -0.1) is 0 Å². The number of hydrogen-bond acceptors (Lipinski definition) is 3. The molecular formula is C9H8BrF2NO2. The summed E-state index contributed by atoms with van der Waals surface area (Å²) in [6, 6.07) is 0. The molecule has 1 aromatic heterocycles. The molecule has 0 saturated heterocycles. The third-order valence-corrected chi connectivity index (χ3v) is 2.52. The van der Waals surface area contributed by atoms with E-state index in [1.807, 2.05) is 0 Å². The minimum absolute atomic E-state index is 0.00894. The van der Waals surface area contributed by atoms with Gasteiger partial charge in [0.1, 0.15) is 0 Å². The normalized spacial score (nSPS) is 10.5. The maximum absolute atomic E-state index is 12.4. The SMILES string of the molecule is CCOC(=O)c1cncc(C(F)F)c1Br. The Balaban J connectivity index is 3.09. The monoisotopic (exact) mass is 279 g/mol. The van der Waals surface area contributed by atoms with E-state index in [1.165, 1.54) is 6.20 Å². The molecule has 0 saturated carbocycles. The van der Waals surface area contributed by atoms with E-state index in [0.29, 0.717) is 0 Å². The van der Waals surface area contributed by atoms with Gasteiger partial charge in [0.25, 0.3) is 6.43 Å². The molecule has 0 fully saturated rings. The molecule has 1 heterocycles. The summed E-state index contributed by atoms with van der Waals surface area (Å²) in [7, 11) is 0. The minimum Gasteiger partial charge on any atom is -0.462 e. The Bertz CT molecular complexity index is 371. The summed E-state index contributed by atoms with van der Waals surface area (Å²) in [4.78, 5) is 14.9. The summed E-state index contributed by atoms with van der Waals surface area (Å²) in [6.07, 6.45) is -0.480. The highest BCUT2D eigenvalue weighted by Gasteiger charge is 2.19. The van der Waals surface area contributed by atoms with Crippen molar-refractivity contribution in [2.75, 3.05) is 6.61 Å². The van der Waals surface area contributed by atoms with Gasteiger partial charge in [-0.25, -0.2) is 13.6 Å². The molecule has 82 valence electrons. The molecule has 0 aromatic carbocycles. The van der Waals surface area contributed by atoms with E-state index in [9.17, 15) is 13.6 Å². The zero-order valence-electron chi connectivity index (χ0n) is 7.84. The zero-order valence-corrected chi connectivity index (χ0v) is 9.42. The van der Waals surface area contributed by atoms with Crippen molar-refractivity contribution in [2.45, 2.75) is 13.3 Å². The van der Waals surface area contributed by atoms with E-state index in [2.05, 4.69) is 25.7 Å². The van der Waals surface area contributed by atoms with Crippen LogP contribution in [0.1, 0.15) is 29.3 Å². The Hall–Kier alpha value is -1.04. The molecular weight excluding hydrogens is 272 g/mol. The lowest BCUT2D eigenvalue weighted by atomic mass is 10.2. The summed E-state index contributed by atoms with van der Waals surface area (Å²) in [5.41, 5.74) is -0.310. The van der Waals surface area contributed by atoms with E-state index >= 15 is 0 Å². The lowest BCUT2D eigenvalue weighted by Crippen LogP contribution is -2.07. The summed E-state index contributed by atoms with van der Waals surface area (Å²) < 4.78 is 29.6. The van der Waals surface area contributed by atoms with Crippen molar-refractivity contribution in [3.63, 3.8) is 0 Å². The standard InChI is InChI=1S/C9H8BrF2NO2/c1-2-15-9(14)6-4-13-3-5(7(6)10)8(11)12/h3-4,8H,2H2,1H3. The van der Waals surface area contributed by atoms with Gasteiger partial charge < -0.3 is 4.74 Å². The van der Waals surface area contributed by atoms with Gasteiger partial charge in [0.15, 0.2) is 0 Å². The predicted molar refractivity (Wildman–Crippen MR) is 52.9 cm³/mol. The van der Waals surface area contributed by atoms with Gasteiger partial charge in [-0.3, -0.25) is 4.98 Å². The Morgan fingerprint density at radius 3 is 2.80 bits per heavy atom. The van der Waals surface area contributed by atoms with Gasteiger partial charge in [0, 0.05) is 16.9 Å². The fourth-order valence-corrected chi connectivity index (χ4v) is 1.50. The van der Waals surface area contributed by atoms with E-state index in [1.54, 1.807) is 6.92 Å². The van der Waals surface area contributed by atoms with Crippen molar-refractivity contribution < 1.29 is 18.3 Å². The number of esters is 1. The fraction of sp³-hybridized carbons (Fsp3) is 0.333. The Morgan fingerprint density at radius 1 is 1.60 bits per heavy atom. The number of carbonyl (C=O) groups excluding carboxylic acids is 1. The molecule has 0 aliphatic carbocycles. The van der Waals surface area contributed by atoms with Crippen LogP contribution in [0.25, 0.3) is 0 Å². The highest BCUT2D eigenvalue weighted by molar-refractivity contribution is 9.10. The molecule has 0 radical (unpaired) electrons. The lowest BCUT2D eigenvalue weighted by Gasteiger charge is -2.07. The van der Waals surface area contributed by atoms with Gasteiger partial charge in [-0.2, -0.15) is 0 Å². The van der Waals surface area contributed by atoms with E-state index < -0.39 is 12.4 Å². The molecule has 3 nitrogen and oxygen atoms in total. The van der Waals surface area contributed by atoms with Crippen LogP contribution in [0.3, 0.4) is 0 Å². The quantitative estimate of drug-likeness (QED) is 0.799. The van der Waals surface area contributed by atoms with E-state index in [-0.39, 0.29) is 22.2 Å². The van der Waals surface area contributed by atoms with Crippen LogP contribution in [0.2, 0.25) is 0 Å². The Morgan fingerprint density at radius 2 is 2.27 bits per heavy atom. The van der Waals surface area contributed by atoms with Crippen LogP contribution < -0.4 is 0 Å². The second kappa shape index (κ2) is 5.16. The van der Waals surface area contributed by atoms with Gasteiger partial charge in [0.2, 0.25) is 0 Å². The number of halogens is 3. The molecule has 0 atom stereocenters. The number of pyridine rings is 1. The average Bonchev–Trinajstić information content (AvgIpc) is 2.17. The molecule has 1 rings (SSSR count). The first-order chi connectivity index (χ1) is 7.07. The second-order valence-corrected chi connectivity index (χ2v) is 3.40. The van der Waals surface area contributed by atoms with Crippen molar-refractivity contribution in [2.24, 2.45) is 0 Å². The summed E-state index contributed by atoms with van der Waals surface area (Å²) in [5.74, 6) is -0.667. The van der Waals surface area contributed by atoms with Crippen LogP contribution in [0.5, 0.6) is 0 Å². The van der Waals surface area contributed by atoms with Crippen molar-refractivity contribution in [1.29, 1.82) is 0 Å². The van der Waals surface area contributed by atoms with Crippen LogP contribution in [0.4, 0.5) is 8.78 Å². The van der Waals surface area contributed by atoms with Gasteiger partial charge in [-0.05, 0) is 22.9 Å². The maximum atomic E-state index is 12.4. The Kier molecular flexibility index (Phi) is 4.14. The number of ether oxygens (including phenoxy) is 1. The Labute approximate surface area is 93.6 Å². The topological polar surface area (TPSA) is 39.2 Å². The van der Waals surface area contributed by atoms with Gasteiger partial charge >= 0.3 is 5.97 Å². The smallest absolute Gasteiger partial charge is 0.340 e. The van der Waals surface area contributed by atoms with Crippen molar-refractivity contribution in [3.8, 4) is 0 Å². The predicted octanol–water partition coefficient (Wildman–Crippen LogP) is 2.96. The molecule has 0 aliphatic rings. The van der Waals surface area contributed by atoms with E-state index in [4.69, 9.17) is 0 Å². The van der Waals surface area contributed by atoms with Gasteiger partial charge in [-0.1, -0.05) is 0 Å². The molecule has 0 amide bonds. The van der Waals surface area contributed by atoms with Crippen molar-refractivity contribution >= 4 is 21.9 Å². The van der Waals surface area contributed by atoms with E-state index in [0.717, 1.165) is 6.20 Å². The highest BCUT2D eigenvalue weighted by atomic mass is 79.9. The maximum Gasteiger partial charge on any atom is 0.340 e. The number of nitrogens with zero attached hydrogens (tertiary/aromatic N) is 1. The van der Waals surface area contributed by atoms with Crippen molar-refractivity contribution in [3.05, 3.63) is 28.0 Å². The highest BCUT2D eigenvalue weighted by Crippen LogP contribution is 2.29. The molecule has 0 spiro atoms. The first-order valence-electron chi connectivity index (χ1n) is 4.16. The first-order valence-corrected chi connectivity index (χ1v) is 4.95. The molecule has 15 heavy (non-hydrogen) atoms. The van der Waals surface area contributed by atoms with Crippen molar-refractivity contribution in [1.82, 2.24) is 4.98 Å². The lowest BCUT2D eigenvalue weighted by molar-refractivity contribution is 0.0524. The first kappa shape index (κ1) is 12.0. The van der Waals surface area contributed by atoms with Crippen LogP contribution in [-0.2, 0) is 4.74 Å². The zero-order chi connectivity index (χ0) is 11.4. The molecule has 0 aliphatic heterocycles. The van der Waals surface area contributed by atoms with Crippen LogP contribution >= 0.6 is 15.9 Å². The van der Waals surface area contributed by atoms with Crippen LogP contribution in [0, 0.1) is 0 Å². The molecule has 0 unspecified atom stereocenters. The molecule has 0 bridgehead atoms. The second-order valence-electron chi connectivity index (χ2n) is 2.61. The third kappa shape index (κ3) is 2.71. The van der Waals surface area contributed by atoms with Crippen LogP contribution in [0.15, 0.2) is 16.9 Å². The summed E-state index contributed by atoms with van der Waals surface area (Å²) in [6.45, 7) is 1.82.